The summed E-state index contributed by atoms with van der Waals surface area (Å²) in [6.45, 7) is 1.37. The maximum absolute atomic E-state index is 12.8. The number of β-amino-alcohol motifs (C(OH)–C–C–N with tert-alkyl or cyclic N) is 1. The number of carbonyl (C=O) groups is 3. The molecular formula is C28H45N5O11S. The van der Waals surface area contributed by atoms with Crippen LogP contribution in [0.4, 0.5) is 0 Å². The number of aliphatic hydroxyl groups excluding tert-OH is 1. The molecule has 3 rings (SSSR count). The Bertz CT molecular complexity index is 1170. The molecule has 2 aliphatic rings. The number of hydrogen-bond acceptors (Lipinski definition) is 12. The lowest BCUT2D eigenvalue weighted by Crippen LogP contribution is -2.53. The van der Waals surface area contributed by atoms with E-state index in [9.17, 15) is 43.2 Å². The quantitative estimate of drug-likeness (QED) is 0.185. The number of aliphatic carboxylic acids is 3. The maximum atomic E-state index is 12.8. The van der Waals surface area contributed by atoms with E-state index in [4.69, 9.17) is 9.47 Å². The molecule has 0 aromatic heterocycles. The van der Waals surface area contributed by atoms with Crippen LogP contribution in [0.2, 0.25) is 0 Å². The Morgan fingerprint density at radius 1 is 0.778 bits per heavy atom. The van der Waals surface area contributed by atoms with E-state index in [1.807, 2.05) is 35.2 Å². The van der Waals surface area contributed by atoms with Crippen LogP contribution in [0.5, 0.6) is 0 Å². The van der Waals surface area contributed by atoms with Crippen LogP contribution >= 0.6 is 0 Å². The van der Waals surface area contributed by atoms with Crippen molar-refractivity contribution in [3.8, 4) is 0 Å². The number of benzene rings is 1. The van der Waals surface area contributed by atoms with Crippen LogP contribution in [0.15, 0.2) is 30.3 Å². The fourth-order valence-electron chi connectivity index (χ4n) is 5.39. The zero-order valence-electron chi connectivity index (χ0n) is 25.5. The second kappa shape index (κ2) is 17.8. The number of ether oxygens (including phenoxy) is 2. The van der Waals surface area contributed by atoms with Crippen molar-refractivity contribution in [3.05, 3.63) is 35.9 Å². The molecule has 0 spiro atoms. The molecule has 1 unspecified atom stereocenters. The van der Waals surface area contributed by atoms with Crippen LogP contribution in [-0.2, 0) is 33.9 Å². The highest BCUT2D eigenvalue weighted by atomic mass is 32.2. The van der Waals surface area contributed by atoms with Crippen molar-refractivity contribution >= 4 is 27.9 Å². The van der Waals surface area contributed by atoms with Crippen molar-refractivity contribution in [3.63, 3.8) is 0 Å². The van der Waals surface area contributed by atoms with Crippen molar-refractivity contribution in [2.75, 3.05) is 105 Å². The molecule has 2 saturated heterocycles. The fraction of sp³-hybridized carbons (Fsp3) is 0.679. The van der Waals surface area contributed by atoms with Crippen LogP contribution in [0.25, 0.3) is 0 Å². The third kappa shape index (κ3) is 13.3. The summed E-state index contributed by atoms with van der Waals surface area (Å²) in [5, 5.41) is 39.3. The molecule has 16 nitrogen and oxygen atoms in total. The van der Waals surface area contributed by atoms with Crippen LogP contribution in [0.3, 0.4) is 0 Å². The van der Waals surface area contributed by atoms with Gasteiger partial charge in [0.1, 0.15) is 0 Å². The lowest BCUT2D eigenvalue weighted by molar-refractivity contribution is -0.203. The summed E-state index contributed by atoms with van der Waals surface area (Å²) in [5.41, 5.74) is 0.806. The first-order valence-corrected chi connectivity index (χ1v) is 16.6. The van der Waals surface area contributed by atoms with Gasteiger partial charge in [-0.2, -0.15) is 4.31 Å². The predicted octanol–water partition coefficient (Wildman–Crippen LogP) is -1.80. The predicted molar refractivity (Wildman–Crippen MR) is 161 cm³/mol. The Morgan fingerprint density at radius 2 is 1.18 bits per heavy atom. The molecule has 0 bridgehead atoms. The van der Waals surface area contributed by atoms with Gasteiger partial charge in [0.2, 0.25) is 10.0 Å². The highest BCUT2D eigenvalue weighted by Crippen LogP contribution is 2.25. The zero-order chi connectivity index (χ0) is 33.0. The minimum atomic E-state index is -3.77. The number of carboxylic acid groups (broad SMARTS) is 3. The number of sulfonamides is 1. The van der Waals surface area contributed by atoms with E-state index >= 15 is 0 Å². The second-order valence-corrected chi connectivity index (χ2v) is 13.3. The van der Waals surface area contributed by atoms with E-state index in [2.05, 4.69) is 0 Å². The van der Waals surface area contributed by atoms with Gasteiger partial charge in [-0.3, -0.25) is 34.0 Å². The van der Waals surface area contributed by atoms with Crippen molar-refractivity contribution in [2.24, 2.45) is 0 Å². The Kier molecular flexibility index (Phi) is 14.5. The third-order valence-corrected chi connectivity index (χ3v) is 8.95. The monoisotopic (exact) mass is 659 g/mol. The Hall–Kier alpha value is -2.74. The van der Waals surface area contributed by atoms with E-state index in [1.54, 1.807) is 14.7 Å². The van der Waals surface area contributed by atoms with Gasteiger partial charge in [-0.15, -0.1) is 0 Å². The molecule has 0 aliphatic carbocycles. The molecule has 4 N–H and O–H groups in total. The van der Waals surface area contributed by atoms with Gasteiger partial charge in [0, 0.05) is 71.0 Å². The summed E-state index contributed by atoms with van der Waals surface area (Å²) < 4.78 is 38.3. The first-order chi connectivity index (χ1) is 21.3. The van der Waals surface area contributed by atoms with E-state index in [1.165, 1.54) is 4.31 Å². The van der Waals surface area contributed by atoms with Gasteiger partial charge in [-0.1, -0.05) is 30.3 Å². The van der Waals surface area contributed by atoms with Gasteiger partial charge < -0.3 is 29.9 Å². The van der Waals surface area contributed by atoms with Crippen molar-refractivity contribution in [1.82, 2.24) is 23.9 Å². The van der Waals surface area contributed by atoms with Crippen LogP contribution in [0, 0.1) is 0 Å². The standard InChI is InChI=1S/C28H45N5O11S/c1-45(41,42)33(23-20-43-28(44-21-23)22-5-3-2-4-6-22)16-24(34)15-29-7-9-30(17-25(35)36)11-13-32(19-27(39)40)14-12-31(10-8-29)18-26(37)38/h2-6,23-24,28,34H,7-21H2,1H3,(H,35,36)(H,37,38)(H,39,40). The Balaban J connectivity index is 1.68. The lowest BCUT2D eigenvalue weighted by atomic mass is 10.2. The molecule has 2 heterocycles. The van der Waals surface area contributed by atoms with Crippen LogP contribution in [0.1, 0.15) is 11.9 Å². The molecule has 0 amide bonds. The lowest BCUT2D eigenvalue weighted by Gasteiger charge is -2.37. The van der Waals surface area contributed by atoms with Crippen LogP contribution in [-0.4, -0.2) is 187 Å². The van der Waals surface area contributed by atoms with Gasteiger partial charge >= 0.3 is 17.9 Å². The van der Waals surface area contributed by atoms with E-state index in [0.29, 0.717) is 13.1 Å². The topological polar surface area (TPSA) is 201 Å². The van der Waals surface area contributed by atoms with Crippen LogP contribution < -0.4 is 0 Å². The molecule has 1 aromatic rings. The minimum absolute atomic E-state index is 0.0417. The summed E-state index contributed by atoms with van der Waals surface area (Å²) in [5.74, 6) is -3.12. The third-order valence-electron chi connectivity index (χ3n) is 7.65. The zero-order valence-corrected chi connectivity index (χ0v) is 26.3. The smallest absolute Gasteiger partial charge is 0.317 e. The molecule has 0 radical (unpaired) electrons. The molecule has 1 aromatic carbocycles. The first kappa shape index (κ1) is 36.7. The fourth-order valence-corrected chi connectivity index (χ4v) is 6.50. The highest BCUT2D eigenvalue weighted by molar-refractivity contribution is 7.88. The van der Waals surface area contributed by atoms with Gasteiger partial charge in [-0.05, 0) is 0 Å². The number of aliphatic hydroxyl groups is 1. The number of hydrogen-bond donors (Lipinski definition) is 4. The molecule has 1 atom stereocenters. The SMILES string of the molecule is CS(=O)(=O)N(CC(O)CN1CCN(CC(=O)O)CCN(CC(=O)O)CCN(CC(=O)O)CC1)C1COC(c2ccccc2)OC1. The van der Waals surface area contributed by atoms with E-state index in [0.717, 1.165) is 11.8 Å². The molecule has 2 fully saturated rings. The number of rotatable bonds is 13. The van der Waals surface area contributed by atoms with Crippen molar-refractivity contribution < 1.29 is 52.7 Å². The summed E-state index contributed by atoms with van der Waals surface area (Å²) in [7, 11) is -3.77. The summed E-state index contributed by atoms with van der Waals surface area (Å²) >= 11 is 0. The van der Waals surface area contributed by atoms with Crippen molar-refractivity contribution in [1.29, 1.82) is 0 Å². The first-order valence-electron chi connectivity index (χ1n) is 14.8. The second-order valence-electron chi connectivity index (χ2n) is 11.4. The maximum Gasteiger partial charge on any atom is 0.317 e. The van der Waals surface area contributed by atoms with Crippen molar-refractivity contribution in [2.45, 2.75) is 18.4 Å². The number of carboxylic acids is 3. The molecule has 2 aliphatic heterocycles. The average molecular weight is 660 g/mol. The molecule has 17 heteroatoms. The minimum Gasteiger partial charge on any atom is -0.480 e. The molecule has 0 saturated carbocycles. The highest BCUT2D eigenvalue weighted by Gasteiger charge is 2.34. The van der Waals surface area contributed by atoms with E-state index < -0.39 is 46.4 Å². The van der Waals surface area contributed by atoms with Gasteiger partial charge in [0.15, 0.2) is 6.29 Å². The Labute approximate surface area is 263 Å². The molecule has 45 heavy (non-hydrogen) atoms. The summed E-state index contributed by atoms with van der Waals surface area (Å²) in [6, 6.07) is 8.60. The van der Waals surface area contributed by atoms with Gasteiger partial charge in [0.05, 0.1) is 51.2 Å². The Morgan fingerprint density at radius 3 is 1.56 bits per heavy atom. The number of nitrogens with zero attached hydrogens (tertiary/aromatic N) is 5. The normalized spacial score (nSPS) is 23.2. The largest absolute Gasteiger partial charge is 0.480 e. The summed E-state index contributed by atoms with van der Waals surface area (Å²) in [6.07, 6.45) is -0.707. The average Bonchev–Trinajstić information content (AvgIpc) is 2.96. The summed E-state index contributed by atoms with van der Waals surface area (Å²) in [4.78, 5) is 41.3. The van der Waals surface area contributed by atoms with E-state index in [-0.39, 0.29) is 85.2 Å². The molecular weight excluding hydrogens is 614 g/mol. The van der Waals surface area contributed by atoms with Gasteiger partial charge in [0.25, 0.3) is 0 Å². The van der Waals surface area contributed by atoms with Gasteiger partial charge in [-0.25, -0.2) is 8.42 Å². The molecule has 254 valence electrons.